The van der Waals surface area contributed by atoms with E-state index in [0.717, 1.165) is 5.56 Å². The minimum atomic E-state index is -3.21. The highest BCUT2D eigenvalue weighted by Gasteiger charge is 2.42. The van der Waals surface area contributed by atoms with Crippen LogP contribution in [-0.4, -0.2) is 47.8 Å². The number of hydrogen-bond acceptors (Lipinski definition) is 6. The minimum Gasteiger partial charge on any atom is -0.462 e. The van der Waals surface area contributed by atoms with Crippen LogP contribution in [0.1, 0.15) is 76.2 Å². The highest BCUT2D eigenvalue weighted by Crippen LogP contribution is 2.43. The van der Waals surface area contributed by atoms with Crippen molar-refractivity contribution < 1.29 is 27.5 Å². The molecular weight excluding hydrogens is 498 g/mol. The minimum absolute atomic E-state index is 0.0719. The molecule has 0 spiro atoms. The quantitative estimate of drug-likeness (QED) is 0.493. The number of esters is 1. The fourth-order valence-electron chi connectivity index (χ4n) is 4.16. The molecule has 32 heavy (non-hydrogen) atoms. The molecule has 1 unspecified atom stereocenters. The number of ether oxygens (including phenoxy) is 2. The zero-order chi connectivity index (χ0) is 24.1. The lowest BCUT2D eigenvalue weighted by Gasteiger charge is -2.34. The molecule has 9 heteroatoms. The maximum atomic E-state index is 13.1. The number of carbonyl (C=O) groups is 2. The molecule has 7 nitrogen and oxygen atoms in total. The van der Waals surface area contributed by atoms with Gasteiger partial charge >= 0.3 is 12.1 Å². The number of benzene rings is 1. The summed E-state index contributed by atoms with van der Waals surface area (Å²) in [4.78, 5) is 25.9. The summed E-state index contributed by atoms with van der Waals surface area (Å²) in [5.74, 6) is -0.563. The van der Waals surface area contributed by atoms with Gasteiger partial charge < -0.3 is 9.47 Å². The Labute approximate surface area is 197 Å². The highest BCUT2D eigenvalue weighted by molar-refractivity contribution is 9.10. The van der Waals surface area contributed by atoms with Crippen LogP contribution in [0, 0.1) is 0 Å². The first kappa shape index (κ1) is 24.8. The zero-order valence-corrected chi connectivity index (χ0v) is 21.7. The van der Waals surface area contributed by atoms with Gasteiger partial charge in [-0.25, -0.2) is 18.0 Å². The van der Waals surface area contributed by atoms with Gasteiger partial charge in [0.1, 0.15) is 5.60 Å². The van der Waals surface area contributed by atoms with Crippen molar-refractivity contribution in [1.82, 2.24) is 4.57 Å². The van der Waals surface area contributed by atoms with Gasteiger partial charge in [0.2, 0.25) is 0 Å². The van der Waals surface area contributed by atoms with Gasteiger partial charge in [0.05, 0.1) is 28.2 Å². The topological polar surface area (TPSA) is 91.7 Å². The first-order valence-corrected chi connectivity index (χ1v) is 13.1. The summed E-state index contributed by atoms with van der Waals surface area (Å²) < 4.78 is 37.0. The van der Waals surface area contributed by atoms with Crippen molar-refractivity contribution in [1.29, 1.82) is 0 Å². The second-order valence-corrected chi connectivity index (χ2v) is 13.4. The van der Waals surface area contributed by atoms with Crippen LogP contribution < -0.4 is 0 Å². The summed E-state index contributed by atoms with van der Waals surface area (Å²) in [6.45, 7) is 10.7. The van der Waals surface area contributed by atoms with Gasteiger partial charge in [-0.15, -0.1) is 0 Å². The Morgan fingerprint density at radius 1 is 1.25 bits per heavy atom. The Balaban J connectivity index is 2.24. The number of carbonyl (C=O) groups excluding carboxylic acids is 2. The van der Waals surface area contributed by atoms with Crippen LogP contribution in [0.2, 0.25) is 0 Å². The number of nitrogens with zero attached hydrogens (tertiary/aromatic N) is 1. The van der Waals surface area contributed by atoms with E-state index in [9.17, 15) is 18.0 Å². The Kier molecular flexibility index (Phi) is 6.56. The summed E-state index contributed by atoms with van der Waals surface area (Å²) in [5, 5.41) is 0.702. The summed E-state index contributed by atoms with van der Waals surface area (Å²) in [6, 6.07) is 3.48. The molecule has 1 aromatic heterocycles. The fourth-order valence-corrected chi connectivity index (χ4v) is 6.22. The monoisotopic (exact) mass is 527 g/mol. The molecule has 1 aliphatic heterocycles. The number of halogens is 1. The lowest BCUT2D eigenvalue weighted by Crippen LogP contribution is -2.40. The van der Waals surface area contributed by atoms with E-state index < -0.39 is 32.2 Å². The third-order valence-electron chi connectivity index (χ3n) is 5.74. The lowest BCUT2D eigenvalue weighted by molar-refractivity contribution is 0.0527. The Morgan fingerprint density at radius 2 is 1.91 bits per heavy atom. The van der Waals surface area contributed by atoms with Crippen molar-refractivity contribution in [3.63, 3.8) is 0 Å². The van der Waals surface area contributed by atoms with Crippen LogP contribution >= 0.6 is 15.9 Å². The van der Waals surface area contributed by atoms with Gasteiger partial charge in [-0.05, 0) is 78.0 Å². The number of sulfone groups is 1. The van der Waals surface area contributed by atoms with E-state index in [0.29, 0.717) is 28.2 Å². The largest absolute Gasteiger partial charge is 0.462 e. The molecule has 2 heterocycles. The molecule has 1 atom stereocenters. The molecular formula is C23H30BrNO6S. The van der Waals surface area contributed by atoms with Crippen molar-refractivity contribution >= 4 is 48.7 Å². The molecule has 1 saturated heterocycles. The number of hydrogen-bond donors (Lipinski definition) is 0. The van der Waals surface area contributed by atoms with E-state index in [1.54, 1.807) is 53.8 Å². The molecule has 176 valence electrons. The van der Waals surface area contributed by atoms with E-state index in [2.05, 4.69) is 15.9 Å². The Bertz CT molecular complexity index is 1170. The Morgan fingerprint density at radius 3 is 2.47 bits per heavy atom. The van der Waals surface area contributed by atoms with Crippen molar-refractivity contribution in [2.45, 2.75) is 70.7 Å². The van der Waals surface area contributed by atoms with Crippen LogP contribution in [0.4, 0.5) is 4.79 Å². The lowest BCUT2D eigenvalue weighted by atomic mass is 9.87. The first-order chi connectivity index (χ1) is 14.7. The molecule has 0 saturated carbocycles. The first-order valence-electron chi connectivity index (χ1n) is 10.6. The molecule has 2 aromatic rings. The number of fused-ring (bicyclic) bond motifs is 1. The fraction of sp³-hybridized carbons (Fsp3) is 0.565. The van der Waals surface area contributed by atoms with Gasteiger partial charge in [0, 0.05) is 16.1 Å². The molecule has 0 N–H and O–H groups in total. The SMILES string of the molecule is CCOC(=O)c1cc(Br)cc2c(C3CCS(=O)(=O)C(C)(C)C3)cn(C(=O)OC(C)(C)C)c12. The molecule has 1 aliphatic rings. The van der Waals surface area contributed by atoms with Crippen molar-refractivity contribution in [2.24, 2.45) is 0 Å². The highest BCUT2D eigenvalue weighted by atomic mass is 79.9. The van der Waals surface area contributed by atoms with Gasteiger partial charge in [-0.3, -0.25) is 4.57 Å². The van der Waals surface area contributed by atoms with Crippen LogP contribution in [0.15, 0.2) is 22.8 Å². The zero-order valence-electron chi connectivity index (χ0n) is 19.3. The van der Waals surface area contributed by atoms with E-state index in [-0.39, 0.29) is 23.8 Å². The van der Waals surface area contributed by atoms with Gasteiger partial charge in [-0.1, -0.05) is 15.9 Å². The summed E-state index contributed by atoms with van der Waals surface area (Å²) in [7, 11) is -3.21. The van der Waals surface area contributed by atoms with Gasteiger partial charge in [-0.2, -0.15) is 0 Å². The molecule has 0 bridgehead atoms. The number of rotatable bonds is 3. The predicted octanol–water partition coefficient (Wildman–Crippen LogP) is 5.43. The normalized spacial score (nSPS) is 20.2. The van der Waals surface area contributed by atoms with E-state index in [1.807, 2.05) is 6.07 Å². The number of aromatic nitrogens is 1. The van der Waals surface area contributed by atoms with Crippen LogP contribution in [0.25, 0.3) is 10.9 Å². The third kappa shape index (κ3) is 4.73. The molecule has 0 amide bonds. The van der Waals surface area contributed by atoms with E-state index in [4.69, 9.17) is 9.47 Å². The molecule has 1 fully saturated rings. The van der Waals surface area contributed by atoms with E-state index >= 15 is 0 Å². The summed E-state index contributed by atoms with van der Waals surface area (Å²) in [6.07, 6.45) is 1.95. The van der Waals surface area contributed by atoms with Crippen LogP contribution in [0.5, 0.6) is 0 Å². The standard InChI is InChI=1S/C23H30BrNO6S/c1-7-30-20(26)17-11-15(24)10-16-18(14-8-9-32(28,29)23(5,6)12-14)13-25(19(16)17)21(27)31-22(2,3)4/h10-11,13-14H,7-9,12H2,1-6H3. The second-order valence-electron chi connectivity index (χ2n) is 9.77. The molecule has 0 aliphatic carbocycles. The summed E-state index contributed by atoms with van der Waals surface area (Å²) >= 11 is 3.47. The smallest absolute Gasteiger partial charge is 0.419 e. The Hall–Kier alpha value is -1.87. The second kappa shape index (κ2) is 8.48. The molecule has 0 radical (unpaired) electrons. The predicted molar refractivity (Wildman–Crippen MR) is 127 cm³/mol. The average molecular weight is 528 g/mol. The van der Waals surface area contributed by atoms with Crippen LogP contribution in [-0.2, 0) is 19.3 Å². The van der Waals surface area contributed by atoms with Crippen molar-refractivity contribution in [3.05, 3.63) is 33.9 Å². The average Bonchev–Trinajstić information content (AvgIpc) is 3.01. The van der Waals surface area contributed by atoms with Gasteiger partial charge in [0.15, 0.2) is 9.84 Å². The molecule has 3 rings (SSSR count). The maximum Gasteiger partial charge on any atom is 0.419 e. The van der Waals surface area contributed by atoms with Gasteiger partial charge in [0.25, 0.3) is 0 Å². The third-order valence-corrected chi connectivity index (χ3v) is 8.82. The van der Waals surface area contributed by atoms with Crippen molar-refractivity contribution in [3.8, 4) is 0 Å². The maximum absolute atomic E-state index is 13.1. The van der Waals surface area contributed by atoms with Crippen molar-refractivity contribution in [2.75, 3.05) is 12.4 Å². The van der Waals surface area contributed by atoms with E-state index in [1.165, 1.54) is 4.57 Å². The van der Waals surface area contributed by atoms with Crippen LogP contribution in [0.3, 0.4) is 0 Å². The summed E-state index contributed by atoms with van der Waals surface area (Å²) in [5.41, 5.74) is 0.743. The molecule has 1 aromatic carbocycles.